The molecule has 2 N–H and O–H groups in total. The summed E-state index contributed by atoms with van der Waals surface area (Å²) in [6, 6.07) is 5.67. The van der Waals surface area contributed by atoms with E-state index in [0.717, 1.165) is 12.1 Å². The first kappa shape index (κ1) is 16.3. The van der Waals surface area contributed by atoms with Crippen LogP contribution >= 0.6 is 0 Å². The molecule has 0 spiro atoms. The van der Waals surface area contributed by atoms with E-state index < -0.39 is 0 Å². The molecule has 0 saturated carbocycles. The maximum atomic E-state index is 12.1. The fraction of sp³-hybridized carbons (Fsp3) is 0.562. The van der Waals surface area contributed by atoms with Gasteiger partial charge in [-0.2, -0.15) is 0 Å². The van der Waals surface area contributed by atoms with Gasteiger partial charge < -0.3 is 15.4 Å². The number of hydrogen-bond donors (Lipinski definition) is 1. The smallest absolute Gasteiger partial charge is 0.340 e. The van der Waals surface area contributed by atoms with Crippen molar-refractivity contribution in [2.45, 2.75) is 40.2 Å². The molecular weight excluding hydrogens is 252 g/mol. The standard InChI is InChI=1S/C16H26N2O2/c1-6-20-16(19)13-8-7-9-14(17)15(13)18(5)12(4)10-11(2)3/h7-9,11-12H,6,10,17H2,1-5H3. The highest BCUT2D eigenvalue weighted by atomic mass is 16.5. The van der Waals surface area contributed by atoms with Crippen molar-refractivity contribution in [3.8, 4) is 0 Å². The minimum atomic E-state index is -0.321. The topological polar surface area (TPSA) is 55.6 Å². The number of anilines is 2. The van der Waals surface area contributed by atoms with E-state index in [1.165, 1.54) is 0 Å². The van der Waals surface area contributed by atoms with Gasteiger partial charge in [-0.1, -0.05) is 19.9 Å². The lowest BCUT2D eigenvalue weighted by molar-refractivity contribution is 0.0527. The lowest BCUT2D eigenvalue weighted by Crippen LogP contribution is -2.32. The largest absolute Gasteiger partial charge is 0.462 e. The van der Waals surface area contributed by atoms with Crippen molar-refractivity contribution in [2.24, 2.45) is 5.92 Å². The fourth-order valence-corrected chi connectivity index (χ4v) is 2.39. The van der Waals surface area contributed by atoms with Crippen LogP contribution < -0.4 is 10.6 Å². The van der Waals surface area contributed by atoms with Crippen molar-refractivity contribution < 1.29 is 9.53 Å². The van der Waals surface area contributed by atoms with Gasteiger partial charge in [-0.25, -0.2) is 4.79 Å². The summed E-state index contributed by atoms with van der Waals surface area (Å²) in [6.45, 7) is 8.67. The highest BCUT2D eigenvalue weighted by Gasteiger charge is 2.21. The van der Waals surface area contributed by atoms with E-state index in [-0.39, 0.29) is 5.97 Å². The van der Waals surface area contributed by atoms with Gasteiger partial charge in [0, 0.05) is 13.1 Å². The lowest BCUT2D eigenvalue weighted by Gasteiger charge is -2.30. The molecule has 112 valence electrons. The molecule has 1 atom stereocenters. The minimum Gasteiger partial charge on any atom is -0.462 e. The van der Waals surface area contributed by atoms with Crippen LogP contribution in [-0.2, 0) is 4.74 Å². The van der Waals surface area contributed by atoms with Crippen LogP contribution in [0.1, 0.15) is 44.5 Å². The third kappa shape index (κ3) is 3.89. The molecule has 0 aromatic heterocycles. The van der Waals surface area contributed by atoms with E-state index in [1.807, 2.05) is 13.1 Å². The fourth-order valence-electron chi connectivity index (χ4n) is 2.39. The number of carbonyl (C=O) groups is 1. The van der Waals surface area contributed by atoms with Crippen molar-refractivity contribution in [2.75, 3.05) is 24.3 Å². The maximum absolute atomic E-state index is 12.1. The monoisotopic (exact) mass is 278 g/mol. The Hall–Kier alpha value is -1.71. The number of nitrogen functional groups attached to an aromatic ring is 1. The minimum absolute atomic E-state index is 0.299. The van der Waals surface area contributed by atoms with Crippen LogP contribution in [0, 0.1) is 5.92 Å². The van der Waals surface area contributed by atoms with Gasteiger partial charge in [0.15, 0.2) is 0 Å². The maximum Gasteiger partial charge on any atom is 0.340 e. The summed E-state index contributed by atoms with van der Waals surface area (Å²) in [7, 11) is 1.97. The second-order valence-electron chi connectivity index (χ2n) is 5.55. The van der Waals surface area contributed by atoms with Crippen molar-refractivity contribution in [1.82, 2.24) is 0 Å². The number of esters is 1. The molecule has 1 unspecified atom stereocenters. The van der Waals surface area contributed by atoms with E-state index in [0.29, 0.717) is 29.8 Å². The van der Waals surface area contributed by atoms with Crippen LogP contribution in [0.25, 0.3) is 0 Å². The summed E-state index contributed by atoms with van der Waals surface area (Å²) in [5.41, 5.74) is 7.98. The van der Waals surface area contributed by atoms with Gasteiger partial charge >= 0.3 is 5.97 Å². The third-order valence-corrected chi connectivity index (χ3v) is 3.39. The van der Waals surface area contributed by atoms with Crippen LogP contribution in [-0.4, -0.2) is 25.7 Å². The number of carbonyl (C=O) groups excluding carboxylic acids is 1. The molecular formula is C16H26N2O2. The Bertz CT molecular complexity index is 458. The van der Waals surface area contributed by atoms with E-state index in [2.05, 4.69) is 25.7 Å². The van der Waals surface area contributed by atoms with Crippen LogP contribution in [0.15, 0.2) is 18.2 Å². The molecule has 0 bridgehead atoms. The van der Waals surface area contributed by atoms with Gasteiger partial charge in [0.1, 0.15) is 0 Å². The van der Waals surface area contributed by atoms with E-state index in [4.69, 9.17) is 10.5 Å². The molecule has 0 radical (unpaired) electrons. The average Bonchev–Trinajstić information content (AvgIpc) is 2.37. The third-order valence-electron chi connectivity index (χ3n) is 3.39. The normalized spacial score (nSPS) is 12.3. The Morgan fingerprint density at radius 1 is 1.35 bits per heavy atom. The van der Waals surface area contributed by atoms with E-state index in [9.17, 15) is 4.79 Å². The van der Waals surface area contributed by atoms with Gasteiger partial charge in [0.2, 0.25) is 0 Å². The van der Waals surface area contributed by atoms with Crippen molar-refractivity contribution >= 4 is 17.3 Å². The van der Waals surface area contributed by atoms with Crippen LogP contribution in [0.2, 0.25) is 0 Å². The first-order valence-electron chi connectivity index (χ1n) is 7.16. The van der Waals surface area contributed by atoms with Crippen LogP contribution in [0.3, 0.4) is 0 Å². The predicted octanol–water partition coefficient (Wildman–Crippen LogP) is 3.32. The quantitative estimate of drug-likeness (QED) is 0.640. The Labute approximate surface area is 121 Å². The molecule has 0 heterocycles. The number of nitrogens with zero attached hydrogens (tertiary/aromatic N) is 1. The number of rotatable bonds is 6. The summed E-state index contributed by atoms with van der Waals surface area (Å²) in [5, 5.41) is 0. The Kier molecular flexibility index (Phi) is 5.86. The van der Waals surface area contributed by atoms with Crippen LogP contribution in [0.5, 0.6) is 0 Å². The second kappa shape index (κ2) is 7.17. The highest BCUT2D eigenvalue weighted by Crippen LogP contribution is 2.30. The van der Waals surface area contributed by atoms with Gasteiger partial charge in [0.25, 0.3) is 0 Å². The number of hydrogen-bond acceptors (Lipinski definition) is 4. The lowest BCUT2D eigenvalue weighted by atomic mass is 10.0. The molecule has 0 aliphatic heterocycles. The Morgan fingerprint density at radius 3 is 2.55 bits per heavy atom. The second-order valence-corrected chi connectivity index (χ2v) is 5.55. The van der Waals surface area contributed by atoms with E-state index >= 15 is 0 Å². The predicted molar refractivity (Wildman–Crippen MR) is 84.1 cm³/mol. The molecule has 0 fully saturated rings. The van der Waals surface area contributed by atoms with Crippen molar-refractivity contribution in [3.63, 3.8) is 0 Å². The summed E-state index contributed by atoms with van der Waals surface area (Å²) in [5.74, 6) is 0.266. The molecule has 20 heavy (non-hydrogen) atoms. The molecule has 0 aliphatic rings. The SMILES string of the molecule is CCOC(=O)c1cccc(N)c1N(C)C(C)CC(C)C. The van der Waals surface area contributed by atoms with Gasteiger partial charge in [-0.15, -0.1) is 0 Å². The molecule has 4 nitrogen and oxygen atoms in total. The molecule has 4 heteroatoms. The van der Waals surface area contributed by atoms with Crippen LogP contribution in [0.4, 0.5) is 11.4 Å². The Balaban J connectivity index is 3.12. The van der Waals surface area contributed by atoms with Gasteiger partial charge in [0.05, 0.1) is 23.5 Å². The zero-order chi connectivity index (χ0) is 15.3. The molecule has 0 amide bonds. The van der Waals surface area contributed by atoms with Crippen molar-refractivity contribution in [1.29, 1.82) is 0 Å². The average molecular weight is 278 g/mol. The number of ether oxygens (including phenoxy) is 1. The number of nitrogens with two attached hydrogens (primary N) is 1. The van der Waals surface area contributed by atoms with E-state index in [1.54, 1.807) is 19.1 Å². The van der Waals surface area contributed by atoms with Gasteiger partial charge in [-0.3, -0.25) is 0 Å². The summed E-state index contributed by atoms with van der Waals surface area (Å²) < 4.78 is 5.11. The summed E-state index contributed by atoms with van der Waals surface area (Å²) in [4.78, 5) is 14.1. The molecule has 1 rings (SSSR count). The molecule has 0 aliphatic carbocycles. The Morgan fingerprint density at radius 2 is 2.00 bits per heavy atom. The number of benzene rings is 1. The van der Waals surface area contributed by atoms with Gasteiger partial charge in [-0.05, 0) is 38.3 Å². The van der Waals surface area contributed by atoms with Crippen molar-refractivity contribution in [3.05, 3.63) is 23.8 Å². The highest BCUT2D eigenvalue weighted by molar-refractivity contribution is 5.99. The molecule has 1 aromatic rings. The molecule has 1 aromatic carbocycles. The summed E-state index contributed by atoms with van der Waals surface area (Å²) >= 11 is 0. The summed E-state index contributed by atoms with van der Waals surface area (Å²) in [6.07, 6.45) is 1.03. The first-order chi connectivity index (χ1) is 9.38. The first-order valence-corrected chi connectivity index (χ1v) is 7.16. The number of para-hydroxylation sites is 1. The zero-order valence-electron chi connectivity index (χ0n) is 13.1. The zero-order valence-corrected chi connectivity index (χ0v) is 13.1. The molecule has 0 saturated heterocycles.